The molecule has 1 aliphatic rings. The van der Waals surface area contributed by atoms with Crippen molar-refractivity contribution in [3.05, 3.63) is 69.0 Å². The number of H-pyrrole nitrogens is 1. The summed E-state index contributed by atoms with van der Waals surface area (Å²) < 4.78 is 37.3. The second-order valence-electron chi connectivity index (χ2n) is 10.4. The zero-order chi connectivity index (χ0) is 28.8. The van der Waals surface area contributed by atoms with Crippen LogP contribution in [0.5, 0.6) is 5.75 Å². The van der Waals surface area contributed by atoms with Crippen LogP contribution in [0.15, 0.2) is 52.2 Å². The highest BCUT2D eigenvalue weighted by Gasteiger charge is 2.39. The van der Waals surface area contributed by atoms with E-state index >= 15 is 0 Å². The van der Waals surface area contributed by atoms with Crippen molar-refractivity contribution in [1.29, 1.82) is 0 Å². The van der Waals surface area contributed by atoms with Crippen molar-refractivity contribution >= 4 is 19.8 Å². The number of allylic oxidation sites excluding steroid dienone is 1. The topological polar surface area (TPSA) is 158 Å². The van der Waals surface area contributed by atoms with E-state index in [2.05, 4.69) is 10.1 Å². The number of aliphatic hydroxyl groups is 1. The van der Waals surface area contributed by atoms with Gasteiger partial charge in [-0.25, -0.2) is 9.36 Å². The van der Waals surface area contributed by atoms with Crippen LogP contribution in [-0.4, -0.2) is 52.1 Å². The van der Waals surface area contributed by atoms with Gasteiger partial charge in [-0.3, -0.25) is 23.7 Å². The second-order valence-corrected chi connectivity index (χ2v) is 12.1. The van der Waals surface area contributed by atoms with Crippen LogP contribution in [0.4, 0.5) is 0 Å². The first-order chi connectivity index (χ1) is 18.3. The summed E-state index contributed by atoms with van der Waals surface area (Å²) >= 11 is 0. The Morgan fingerprint density at radius 2 is 2.00 bits per heavy atom. The molecule has 12 nitrogen and oxygen atoms in total. The van der Waals surface area contributed by atoms with Crippen LogP contribution in [0.25, 0.3) is 6.08 Å². The van der Waals surface area contributed by atoms with Gasteiger partial charge in [0.15, 0.2) is 0 Å². The zero-order valence-corrected chi connectivity index (χ0v) is 23.6. The first kappa shape index (κ1) is 30.5. The van der Waals surface area contributed by atoms with E-state index in [4.69, 9.17) is 18.5 Å². The Bertz CT molecular complexity index is 1320. The lowest BCUT2D eigenvalue weighted by molar-refractivity contribution is -0.148. The molecular weight excluding hydrogens is 529 g/mol. The Kier molecular flexibility index (Phi) is 10.1. The highest BCUT2D eigenvalue weighted by atomic mass is 31.2. The Labute approximate surface area is 226 Å². The molecule has 39 heavy (non-hydrogen) atoms. The number of aromatic nitrogens is 2. The van der Waals surface area contributed by atoms with Gasteiger partial charge in [-0.1, -0.05) is 51.1 Å². The number of hydrogen-bond donors (Lipinski definition) is 3. The van der Waals surface area contributed by atoms with Gasteiger partial charge in [0.25, 0.3) is 5.56 Å². The summed E-state index contributed by atoms with van der Waals surface area (Å²) in [5, 5.41) is 13.2. The van der Waals surface area contributed by atoms with Gasteiger partial charge in [0.2, 0.25) is 0 Å². The molecule has 0 spiro atoms. The number of nitrogens with zero attached hydrogens (tertiary/aromatic N) is 1. The maximum atomic E-state index is 13.7. The molecule has 1 aromatic carbocycles. The molecular formula is C26H36N3O9P. The fourth-order valence-electron chi connectivity index (χ4n) is 3.63. The minimum atomic E-state index is -4.19. The first-order valence-electron chi connectivity index (χ1n) is 12.6. The summed E-state index contributed by atoms with van der Waals surface area (Å²) in [6, 6.07) is 7.21. The minimum Gasteiger partial charge on any atom is -0.464 e. The number of esters is 1. The Morgan fingerprint density at radius 3 is 2.64 bits per heavy atom. The summed E-state index contributed by atoms with van der Waals surface area (Å²) in [7, 11) is -4.19. The lowest BCUT2D eigenvalue weighted by Crippen LogP contribution is -2.37. The number of nitrogens with one attached hydrogen (secondary N) is 2. The van der Waals surface area contributed by atoms with Crippen molar-refractivity contribution in [3.8, 4) is 5.75 Å². The molecule has 0 bridgehead atoms. The molecule has 0 radical (unpaired) electrons. The normalized spacial score (nSPS) is 21.9. The Hall–Kier alpha value is -3.02. The number of carbonyl (C=O) groups excluding carboxylic acids is 1. The molecule has 0 aliphatic carbocycles. The largest absolute Gasteiger partial charge is 0.464 e. The Morgan fingerprint density at radius 1 is 1.31 bits per heavy atom. The molecule has 1 saturated heterocycles. The molecule has 214 valence electrons. The average molecular weight is 566 g/mol. The van der Waals surface area contributed by atoms with Gasteiger partial charge >= 0.3 is 19.4 Å². The molecule has 4 unspecified atom stereocenters. The fourth-order valence-corrected chi connectivity index (χ4v) is 5.14. The van der Waals surface area contributed by atoms with Crippen LogP contribution in [-0.2, 0) is 23.4 Å². The molecule has 3 rings (SSSR count). The third-order valence-electron chi connectivity index (χ3n) is 5.59. The summed E-state index contributed by atoms with van der Waals surface area (Å²) in [5.41, 5.74) is -1.27. The summed E-state index contributed by atoms with van der Waals surface area (Å²) in [5.74, 6) is -0.414. The van der Waals surface area contributed by atoms with E-state index in [1.165, 1.54) is 23.8 Å². The van der Waals surface area contributed by atoms with E-state index in [0.29, 0.717) is 0 Å². The van der Waals surface area contributed by atoms with Crippen molar-refractivity contribution in [3.63, 3.8) is 0 Å². The number of hydrogen-bond acceptors (Lipinski definition) is 9. The third kappa shape index (κ3) is 8.74. The van der Waals surface area contributed by atoms with E-state index in [1.54, 1.807) is 43.3 Å². The highest BCUT2D eigenvalue weighted by Crippen LogP contribution is 2.46. The molecule has 13 heteroatoms. The van der Waals surface area contributed by atoms with Gasteiger partial charge in [0.05, 0.1) is 24.9 Å². The SMILES string of the molecule is C/C=C/c1cn(C2CC(O)C(COP(=O)(N[C@@H](C)C(=O)OCC(C)(C)C)Oc3ccccc3)O2)c(=O)[nH]c1=O. The summed E-state index contributed by atoms with van der Waals surface area (Å²) in [4.78, 5) is 39.1. The van der Waals surface area contributed by atoms with Gasteiger partial charge < -0.3 is 19.1 Å². The molecule has 0 amide bonds. The molecule has 1 fully saturated rings. The van der Waals surface area contributed by atoms with E-state index in [1.807, 2.05) is 20.8 Å². The van der Waals surface area contributed by atoms with Crippen LogP contribution < -0.4 is 20.9 Å². The van der Waals surface area contributed by atoms with Gasteiger partial charge in [-0.2, -0.15) is 5.09 Å². The first-order valence-corrected chi connectivity index (χ1v) is 14.1. The highest BCUT2D eigenvalue weighted by molar-refractivity contribution is 7.52. The van der Waals surface area contributed by atoms with E-state index in [0.717, 1.165) is 0 Å². The van der Waals surface area contributed by atoms with Crippen LogP contribution in [0.1, 0.15) is 52.8 Å². The number of aliphatic hydroxyl groups excluding tert-OH is 1. The maximum Gasteiger partial charge on any atom is 0.459 e. The standard InChI is InChI=1S/C26H36N3O9P/c1-6-10-18-14-29(25(33)27-23(18)31)22-13-20(30)21(37-22)15-36-39(34,38-19-11-8-7-9-12-19)28-17(2)24(32)35-16-26(3,4)5/h6-12,14,17,20-22,30H,13,15-16H2,1-5H3,(H,28,34)(H,27,31,33)/b10-6+/t17-,20?,21?,22?,39?/m0/s1. The van der Waals surface area contributed by atoms with E-state index in [-0.39, 0.29) is 29.8 Å². The van der Waals surface area contributed by atoms with Crippen molar-refractivity contribution in [2.45, 2.75) is 65.5 Å². The third-order valence-corrected chi connectivity index (χ3v) is 7.23. The Balaban J connectivity index is 1.74. The maximum absolute atomic E-state index is 13.7. The predicted octanol–water partition coefficient (Wildman–Crippen LogP) is 2.99. The molecule has 5 atom stereocenters. The molecule has 1 aromatic heterocycles. The van der Waals surface area contributed by atoms with E-state index < -0.39 is 56.0 Å². The van der Waals surface area contributed by atoms with Crippen molar-refractivity contribution in [2.75, 3.05) is 13.2 Å². The lowest BCUT2D eigenvalue weighted by atomic mass is 9.99. The number of ether oxygens (including phenoxy) is 2. The number of para-hydroxylation sites is 1. The average Bonchev–Trinajstić information content (AvgIpc) is 3.23. The van der Waals surface area contributed by atoms with Gasteiger partial charge in [-0.05, 0) is 31.4 Å². The molecule has 3 N–H and O–H groups in total. The number of benzene rings is 1. The summed E-state index contributed by atoms with van der Waals surface area (Å²) in [6.07, 6.45) is 1.57. The van der Waals surface area contributed by atoms with Crippen LogP contribution >= 0.6 is 7.75 Å². The number of carbonyl (C=O) groups is 1. The molecule has 2 heterocycles. The van der Waals surface area contributed by atoms with Crippen molar-refractivity contribution < 1.29 is 33.0 Å². The quantitative estimate of drug-likeness (QED) is 0.273. The van der Waals surface area contributed by atoms with Gasteiger partial charge in [0.1, 0.15) is 24.1 Å². The fraction of sp³-hybridized carbons (Fsp3) is 0.500. The number of aromatic amines is 1. The monoisotopic (exact) mass is 565 g/mol. The summed E-state index contributed by atoms with van der Waals surface area (Å²) in [6.45, 7) is 8.70. The lowest BCUT2D eigenvalue weighted by Gasteiger charge is -2.25. The van der Waals surface area contributed by atoms with Crippen LogP contribution in [0, 0.1) is 5.41 Å². The smallest absolute Gasteiger partial charge is 0.459 e. The zero-order valence-electron chi connectivity index (χ0n) is 22.7. The second kappa shape index (κ2) is 12.9. The molecule has 1 aliphatic heterocycles. The molecule has 0 saturated carbocycles. The number of rotatable bonds is 11. The predicted molar refractivity (Wildman–Crippen MR) is 144 cm³/mol. The van der Waals surface area contributed by atoms with E-state index in [9.17, 15) is 24.1 Å². The minimum absolute atomic E-state index is 0.0159. The van der Waals surface area contributed by atoms with Gasteiger partial charge in [-0.15, -0.1) is 0 Å². The van der Waals surface area contributed by atoms with Crippen LogP contribution in [0.3, 0.4) is 0 Å². The van der Waals surface area contributed by atoms with Crippen molar-refractivity contribution in [2.24, 2.45) is 5.41 Å². The van der Waals surface area contributed by atoms with Crippen LogP contribution in [0.2, 0.25) is 0 Å². The van der Waals surface area contributed by atoms with Crippen molar-refractivity contribution in [1.82, 2.24) is 14.6 Å². The van der Waals surface area contributed by atoms with Gasteiger partial charge in [0, 0.05) is 12.6 Å². The molecule has 2 aromatic rings.